The van der Waals surface area contributed by atoms with Crippen LogP contribution in [0.1, 0.15) is 30.1 Å². The van der Waals surface area contributed by atoms with E-state index in [-0.39, 0.29) is 29.1 Å². The molecule has 0 atom stereocenters. The molecule has 1 aliphatic rings. The number of carbonyl (C=O) groups excluding carboxylic acids is 2. The van der Waals surface area contributed by atoms with Gasteiger partial charge in [-0.25, -0.2) is 4.39 Å². The predicted molar refractivity (Wildman–Crippen MR) is 106 cm³/mol. The SMILES string of the molecule is CCOC(=O)C1CCN(C(=O)c2ccc(Oc3ccc(Br)cc3)c(F)c2)CC1. The molecular weight excluding hydrogens is 429 g/mol. The van der Waals surface area contributed by atoms with E-state index in [2.05, 4.69) is 15.9 Å². The zero-order valence-electron chi connectivity index (χ0n) is 15.5. The van der Waals surface area contributed by atoms with E-state index in [1.807, 2.05) is 0 Å². The van der Waals surface area contributed by atoms with E-state index in [0.717, 1.165) is 4.47 Å². The normalized spacial score (nSPS) is 14.6. The standard InChI is InChI=1S/C21H21BrFNO4/c1-2-27-21(26)14-9-11-24(12-10-14)20(25)15-3-8-19(18(23)13-15)28-17-6-4-16(22)5-7-17/h3-8,13-14H,2,9-12H2,1H3. The smallest absolute Gasteiger partial charge is 0.309 e. The first kappa shape index (κ1) is 20.3. The highest BCUT2D eigenvalue weighted by Crippen LogP contribution is 2.27. The van der Waals surface area contributed by atoms with Gasteiger partial charge in [0, 0.05) is 23.1 Å². The Morgan fingerprint density at radius 1 is 1.14 bits per heavy atom. The van der Waals surface area contributed by atoms with Gasteiger partial charge in [0.2, 0.25) is 0 Å². The van der Waals surface area contributed by atoms with Crippen molar-refractivity contribution in [3.63, 3.8) is 0 Å². The minimum Gasteiger partial charge on any atom is -0.466 e. The van der Waals surface area contributed by atoms with Crippen molar-refractivity contribution in [1.29, 1.82) is 0 Å². The summed E-state index contributed by atoms with van der Waals surface area (Å²) in [4.78, 5) is 26.1. The zero-order valence-corrected chi connectivity index (χ0v) is 17.1. The maximum Gasteiger partial charge on any atom is 0.309 e. The first-order valence-corrected chi connectivity index (χ1v) is 9.96. The van der Waals surface area contributed by atoms with Crippen LogP contribution in [0.4, 0.5) is 4.39 Å². The lowest BCUT2D eigenvalue weighted by Gasteiger charge is -2.31. The number of hydrogen-bond acceptors (Lipinski definition) is 4. The van der Waals surface area contributed by atoms with Crippen molar-refractivity contribution in [2.75, 3.05) is 19.7 Å². The van der Waals surface area contributed by atoms with Crippen LogP contribution in [0.3, 0.4) is 0 Å². The van der Waals surface area contributed by atoms with Crippen LogP contribution in [0, 0.1) is 11.7 Å². The lowest BCUT2D eigenvalue weighted by molar-refractivity contribution is -0.149. The fourth-order valence-electron chi connectivity index (χ4n) is 3.11. The highest BCUT2D eigenvalue weighted by atomic mass is 79.9. The van der Waals surface area contributed by atoms with Gasteiger partial charge in [-0.3, -0.25) is 9.59 Å². The van der Waals surface area contributed by atoms with Gasteiger partial charge in [-0.1, -0.05) is 15.9 Å². The highest BCUT2D eigenvalue weighted by molar-refractivity contribution is 9.10. The number of piperidine rings is 1. The first-order valence-electron chi connectivity index (χ1n) is 9.17. The van der Waals surface area contributed by atoms with Crippen LogP contribution in [0.15, 0.2) is 46.9 Å². The van der Waals surface area contributed by atoms with Crippen molar-refractivity contribution >= 4 is 27.8 Å². The Kier molecular flexibility index (Phi) is 6.67. The number of amides is 1. The number of benzene rings is 2. The summed E-state index contributed by atoms with van der Waals surface area (Å²) in [5.41, 5.74) is 0.259. The lowest BCUT2D eigenvalue weighted by Crippen LogP contribution is -2.40. The Morgan fingerprint density at radius 3 is 2.43 bits per heavy atom. The summed E-state index contributed by atoms with van der Waals surface area (Å²) in [6, 6.07) is 11.2. The Bertz CT molecular complexity index is 848. The summed E-state index contributed by atoms with van der Waals surface area (Å²) in [7, 11) is 0. The average molecular weight is 450 g/mol. The molecule has 0 spiro atoms. The molecule has 0 radical (unpaired) electrons. The van der Waals surface area contributed by atoms with Crippen molar-refractivity contribution in [2.24, 2.45) is 5.92 Å². The second-order valence-corrected chi connectivity index (χ2v) is 7.44. The summed E-state index contributed by atoms with van der Waals surface area (Å²) in [6.45, 7) is 3.02. The van der Waals surface area contributed by atoms with Crippen LogP contribution in [0.2, 0.25) is 0 Å². The molecular formula is C21H21BrFNO4. The quantitative estimate of drug-likeness (QED) is 0.615. The largest absolute Gasteiger partial charge is 0.466 e. The third kappa shape index (κ3) is 4.90. The summed E-state index contributed by atoms with van der Waals surface area (Å²) >= 11 is 3.33. The van der Waals surface area contributed by atoms with Gasteiger partial charge in [0.25, 0.3) is 5.91 Å². The van der Waals surface area contributed by atoms with Crippen LogP contribution >= 0.6 is 15.9 Å². The Balaban J connectivity index is 1.62. The minimum absolute atomic E-state index is 0.0555. The maximum absolute atomic E-state index is 14.4. The van der Waals surface area contributed by atoms with E-state index in [1.54, 1.807) is 42.2 Å². The molecule has 0 unspecified atom stereocenters. The first-order chi connectivity index (χ1) is 13.5. The van der Waals surface area contributed by atoms with Gasteiger partial charge < -0.3 is 14.4 Å². The summed E-state index contributed by atoms with van der Waals surface area (Å²) in [5, 5.41) is 0. The number of carbonyl (C=O) groups is 2. The molecule has 1 fully saturated rings. The highest BCUT2D eigenvalue weighted by Gasteiger charge is 2.29. The number of esters is 1. The second kappa shape index (κ2) is 9.19. The van der Waals surface area contributed by atoms with Crippen LogP contribution < -0.4 is 4.74 Å². The number of halogens is 2. The van der Waals surface area contributed by atoms with Crippen molar-refractivity contribution in [3.05, 3.63) is 58.3 Å². The van der Waals surface area contributed by atoms with Crippen LogP contribution in [0.5, 0.6) is 11.5 Å². The molecule has 0 saturated carbocycles. The van der Waals surface area contributed by atoms with E-state index in [0.29, 0.717) is 38.3 Å². The Hall–Kier alpha value is -2.41. The molecule has 1 heterocycles. The molecule has 1 saturated heterocycles. The predicted octanol–water partition coefficient (Wildman–Crippen LogP) is 4.80. The fraction of sp³-hybridized carbons (Fsp3) is 0.333. The number of hydrogen-bond donors (Lipinski definition) is 0. The Labute approximate surface area is 171 Å². The number of ether oxygens (including phenoxy) is 2. The molecule has 28 heavy (non-hydrogen) atoms. The molecule has 3 rings (SSSR count). The van der Waals surface area contributed by atoms with Gasteiger partial charge in [0.15, 0.2) is 11.6 Å². The van der Waals surface area contributed by atoms with Gasteiger partial charge in [0.05, 0.1) is 12.5 Å². The van der Waals surface area contributed by atoms with Crippen molar-refractivity contribution in [1.82, 2.24) is 4.90 Å². The molecule has 2 aromatic rings. The van der Waals surface area contributed by atoms with Gasteiger partial charge >= 0.3 is 5.97 Å². The molecule has 148 valence electrons. The third-order valence-electron chi connectivity index (χ3n) is 4.62. The van der Waals surface area contributed by atoms with E-state index >= 15 is 0 Å². The molecule has 0 N–H and O–H groups in total. The zero-order chi connectivity index (χ0) is 20.1. The number of rotatable bonds is 5. The van der Waals surface area contributed by atoms with Crippen molar-refractivity contribution < 1.29 is 23.5 Å². The topological polar surface area (TPSA) is 55.8 Å². The monoisotopic (exact) mass is 449 g/mol. The summed E-state index contributed by atoms with van der Waals surface area (Å²) in [6.07, 6.45) is 1.11. The molecule has 5 nitrogen and oxygen atoms in total. The number of likely N-dealkylation sites (tertiary alicyclic amines) is 1. The summed E-state index contributed by atoms with van der Waals surface area (Å²) < 4.78 is 25.9. The molecule has 1 aliphatic heterocycles. The minimum atomic E-state index is -0.602. The molecule has 7 heteroatoms. The van der Waals surface area contributed by atoms with E-state index in [1.165, 1.54) is 12.1 Å². The van der Waals surface area contributed by atoms with Gasteiger partial charge in [-0.2, -0.15) is 0 Å². The fourth-order valence-corrected chi connectivity index (χ4v) is 3.37. The molecule has 1 amide bonds. The van der Waals surface area contributed by atoms with Crippen LogP contribution in [0.25, 0.3) is 0 Å². The molecule has 0 aromatic heterocycles. The maximum atomic E-state index is 14.4. The average Bonchev–Trinajstić information content (AvgIpc) is 2.71. The summed E-state index contributed by atoms with van der Waals surface area (Å²) in [5.74, 6) is -0.689. The second-order valence-electron chi connectivity index (χ2n) is 6.52. The van der Waals surface area contributed by atoms with E-state index in [9.17, 15) is 14.0 Å². The van der Waals surface area contributed by atoms with Crippen LogP contribution in [-0.4, -0.2) is 36.5 Å². The van der Waals surface area contributed by atoms with Crippen molar-refractivity contribution in [3.8, 4) is 11.5 Å². The van der Waals surface area contributed by atoms with Crippen molar-refractivity contribution in [2.45, 2.75) is 19.8 Å². The van der Waals surface area contributed by atoms with Crippen LogP contribution in [-0.2, 0) is 9.53 Å². The number of nitrogens with zero attached hydrogens (tertiary/aromatic N) is 1. The van der Waals surface area contributed by atoms with Gasteiger partial charge in [-0.15, -0.1) is 0 Å². The van der Waals surface area contributed by atoms with Gasteiger partial charge in [-0.05, 0) is 62.2 Å². The molecule has 0 aliphatic carbocycles. The van der Waals surface area contributed by atoms with E-state index in [4.69, 9.17) is 9.47 Å². The molecule has 0 bridgehead atoms. The van der Waals surface area contributed by atoms with E-state index < -0.39 is 5.82 Å². The van der Waals surface area contributed by atoms with Gasteiger partial charge in [0.1, 0.15) is 5.75 Å². The third-order valence-corrected chi connectivity index (χ3v) is 5.15. The Morgan fingerprint density at radius 2 is 1.82 bits per heavy atom. The molecule has 2 aromatic carbocycles. The lowest BCUT2D eigenvalue weighted by atomic mass is 9.96.